The van der Waals surface area contributed by atoms with Crippen molar-refractivity contribution in [1.82, 2.24) is 14.5 Å². The number of fused-ring (bicyclic) bond motifs is 1. The van der Waals surface area contributed by atoms with Crippen molar-refractivity contribution in [2.75, 3.05) is 18.5 Å². The van der Waals surface area contributed by atoms with Gasteiger partial charge in [0.25, 0.3) is 5.56 Å². The Morgan fingerprint density at radius 1 is 0.879 bits per heavy atom. The lowest BCUT2D eigenvalue weighted by Gasteiger charge is -2.17. The molecule has 2 aromatic carbocycles. The van der Waals surface area contributed by atoms with Gasteiger partial charge in [-0.3, -0.25) is 9.36 Å². The highest BCUT2D eigenvalue weighted by Gasteiger charge is 2.19. The number of aliphatic hydroxyl groups is 2. The Hall–Kier alpha value is -3.83. The van der Waals surface area contributed by atoms with Crippen LogP contribution in [-0.2, 0) is 0 Å². The molecule has 7 nitrogen and oxygen atoms in total. The minimum absolute atomic E-state index is 0.00252. The van der Waals surface area contributed by atoms with Crippen molar-refractivity contribution in [3.05, 3.63) is 82.2 Å². The van der Waals surface area contributed by atoms with Crippen molar-refractivity contribution >= 4 is 17.0 Å². The van der Waals surface area contributed by atoms with Gasteiger partial charge in [-0.25, -0.2) is 22.5 Å². The molecule has 11 heteroatoms. The van der Waals surface area contributed by atoms with E-state index in [0.717, 1.165) is 34.9 Å². The van der Waals surface area contributed by atoms with Crippen molar-refractivity contribution in [2.24, 2.45) is 0 Å². The van der Waals surface area contributed by atoms with E-state index in [4.69, 9.17) is 0 Å². The van der Waals surface area contributed by atoms with Gasteiger partial charge in [-0.15, -0.1) is 0 Å². The minimum Gasteiger partial charge on any atom is -0.394 e. The number of nitrogens with zero attached hydrogens (tertiary/aromatic N) is 3. The monoisotopic (exact) mass is 460 g/mol. The molecule has 3 N–H and O–H groups in total. The van der Waals surface area contributed by atoms with Gasteiger partial charge < -0.3 is 15.5 Å². The first-order chi connectivity index (χ1) is 15.8. The van der Waals surface area contributed by atoms with Gasteiger partial charge >= 0.3 is 0 Å². The fraction of sp³-hybridized carbons (Fsp3) is 0.136. The molecular weight excluding hydrogens is 444 g/mol. The zero-order valence-corrected chi connectivity index (χ0v) is 16.8. The lowest BCUT2D eigenvalue weighted by Crippen LogP contribution is -2.29. The summed E-state index contributed by atoms with van der Waals surface area (Å²) in [7, 11) is 0. The van der Waals surface area contributed by atoms with Crippen molar-refractivity contribution < 1.29 is 27.8 Å². The predicted molar refractivity (Wildman–Crippen MR) is 112 cm³/mol. The molecule has 33 heavy (non-hydrogen) atoms. The highest BCUT2D eigenvalue weighted by atomic mass is 19.1. The molecule has 0 amide bonds. The molecule has 0 radical (unpaired) electrons. The van der Waals surface area contributed by atoms with Crippen LogP contribution >= 0.6 is 0 Å². The molecule has 4 rings (SSSR count). The van der Waals surface area contributed by atoms with Crippen LogP contribution in [0.25, 0.3) is 28.0 Å². The van der Waals surface area contributed by atoms with Crippen LogP contribution in [0.15, 0.2) is 53.3 Å². The zero-order valence-electron chi connectivity index (χ0n) is 16.8. The minimum atomic E-state index is -1.04. The molecule has 0 atom stereocenters. The van der Waals surface area contributed by atoms with Gasteiger partial charge in [-0.1, -0.05) is 0 Å². The van der Waals surface area contributed by atoms with Crippen LogP contribution in [0.1, 0.15) is 0 Å². The smallest absolute Gasteiger partial charge is 0.256 e. The van der Waals surface area contributed by atoms with E-state index in [2.05, 4.69) is 15.3 Å². The molecule has 0 saturated carbocycles. The maximum absolute atomic E-state index is 14.6. The Labute approximate surface area is 183 Å². The predicted octanol–water partition coefficient (Wildman–Crippen LogP) is 2.77. The third kappa shape index (κ3) is 4.41. The molecule has 0 aliphatic heterocycles. The summed E-state index contributed by atoms with van der Waals surface area (Å²) >= 11 is 0. The Balaban J connectivity index is 2.07. The van der Waals surface area contributed by atoms with E-state index in [1.165, 1.54) is 6.07 Å². The van der Waals surface area contributed by atoms with Crippen molar-refractivity contribution in [3.8, 4) is 16.9 Å². The molecular formula is C22H16F4N4O3. The van der Waals surface area contributed by atoms with E-state index < -0.39 is 48.1 Å². The van der Waals surface area contributed by atoms with Gasteiger partial charge in [0.1, 0.15) is 23.3 Å². The highest BCUT2D eigenvalue weighted by Crippen LogP contribution is 2.29. The Kier molecular flexibility index (Phi) is 6.07. The number of benzene rings is 2. The van der Waals surface area contributed by atoms with E-state index in [1.807, 2.05) is 0 Å². The lowest BCUT2D eigenvalue weighted by molar-refractivity contribution is 0.203. The second-order valence-corrected chi connectivity index (χ2v) is 7.10. The standard InChI is InChI=1S/C22H16F4N4O3/c23-12-1-3-18(17(26)8-12)30-19(33)4-2-16-20(11-5-13(24)7-14(25)6-11)28-22(29-21(16)30)27-15(9-31)10-32/h1-8,15,31-32H,9-10H2,(H,27,28,29). The summed E-state index contributed by atoms with van der Waals surface area (Å²) in [5.41, 5.74) is -1.19. The maximum Gasteiger partial charge on any atom is 0.256 e. The number of pyridine rings is 1. The Morgan fingerprint density at radius 3 is 2.21 bits per heavy atom. The van der Waals surface area contributed by atoms with Crippen LogP contribution in [0.5, 0.6) is 0 Å². The second kappa shape index (κ2) is 8.96. The second-order valence-electron chi connectivity index (χ2n) is 7.10. The van der Waals surface area contributed by atoms with Gasteiger partial charge in [0.2, 0.25) is 5.95 Å². The summed E-state index contributed by atoms with van der Waals surface area (Å²) < 4.78 is 56.7. The van der Waals surface area contributed by atoms with Crippen LogP contribution in [0.4, 0.5) is 23.5 Å². The SMILES string of the molecule is O=c1ccc2c(-c3cc(F)cc(F)c3)nc(NC(CO)CO)nc2n1-c1ccc(F)cc1F. The first-order valence-corrected chi connectivity index (χ1v) is 9.64. The number of hydrogen-bond donors (Lipinski definition) is 3. The van der Waals surface area contributed by atoms with Gasteiger partial charge in [-0.05, 0) is 30.3 Å². The van der Waals surface area contributed by atoms with Crippen LogP contribution in [-0.4, -0.2) is 44.0 Å². The molecule has 0 saturated heterocycles. The largest absolute Gasteiger partial charge is 0.394 e. The van der Waals surface area contributed by atoms with Gasteiger partial charge in [0.05, 0.1) is 30.6 Å². The first-order valence-electron chi connectivity index (χ1n) is 9.64. The van der Waals surface area contributed by atoms with E-state index in [-0.39, 0.29) is 33.9 Å². The van der Waals surface area contributed by atoms with Crippen LogP contribution in [0.2, 0.25) is 0 Å². The van der Waals surface area contributed by atoms with Crippen molar-refractivity contribution in [1.29, 1.82) is 0 Å². The summed E-state index contributed by atoms with van der Waals surface area (Å²) in [6.45, 7) is -1.01. The molecule has 0 bridgehead atoms. The number of rotatable bonds is 6. The number of nitrogens with one attached hydrogen (secondary N) is 1. The number of aromatic nitrogens is 3. The fourth-order valence-corrected chi connectivity index (χ4v) is 3.32. The summed E-state index contributed by atoms with van der Waals surface area (Å²) in [5, 5.41) is 21.6. The average molecular weight is 460 g/mol. The van der Waals surface area contributed by atoms with Crippen LogP contribution in [0.3, 0.4) is 0 Å². The summed E-state index contributed by atoms with van der Waals surface area (Å²) in [6.07, 6.45) is 0. The molecule has 0 aliphatic carbocycles. The van der Waals surface area contributed by atoms with E-state index in [1.54, 1.807) is 0 Å². The first kappa shape index (κ1) is 22.4. The number of aliphatic hydroxyl groups excluding tert-OH is 2. The number of hydrogen-bond acceptors (Lipinski definition) is 6. The molecule has 0 fully saturated rings. The third-order valence-corrected chi connectivity index (χ3v) is 4.81. The quantitative estimate of drug-likeness (QED) is 0.383. The van der Waals surface area contributed by atoms with Gasteiger partial charge in [-0.2, -0.15) is 4.98 Å². The van der Waals surface area contributed by atoms with Crippen molar-refractivity contribution in [3.63, 3.8) is 0 Å². The van der Waals surface area contributed by atoms with E-state index in [9.17, 15) is 32.6 Å². The molecule has 2 heterocycles. The topological polar surface area (TPSA) is 100 Å². The molecule has 0 unspecified atom stereocenters. The number of anilines is 1. The van der Waals surface area contributed by atoms with Crippen LogP contribution < -0.4 is 10.9 Å². The van der Waals surface area contributed by atoms with Crippen molar-refractivity contribution in [2.45, 2.75) is 6.04 Å². The van der Waals surface area contributed by atoms with Gasteiger partial charge in [0.15, 0.2) is 5.65 Å². The highest BCUT2D eigenvalue weighted by molar-refractivity contribution is 5.92. The molecule has 0 aliphatic rings. The normalized spacial score (nSPS) is 11.4. The van der Waals surface area contributed by atoms with E-state index >= 15 is 0 Å². The fourth-order valence-electron chi connectivity index (χ4n) is 3.32. The Bertz CT molecular complexity index is 1390. The molecule has 4 aromatic rings. The number of halogens is 4. The van der Waals surface area contributed by atoms with Crippen LogP contribution in [0, 0.1) is 23.3 Å². The maximum atomic E-state index is 14.6. The van der Waals surface area contributed by atoms with E-state index in [0.29, 0.717) is 12.1 Å². The lowest BCUT2D eigenvalue weighted by atomic mass is 10.1. The summed E-state index contributed by atoms with van der Waals surface area (Å²) in [6, 6.07) is 6.80. The molecule has 0 spiro atoms. The Morgan fingerprint density at radius 2 is 1.58 bits per heavy atom. The third-order valence-electron chi connectivity index (χ3n) is 4.81. The summed E-state index contributed by atoms with van der Waals surface area (Å²) in [4.78, 5) is 21.2. The average Bonchev–Trinajstić information content (AvgIpc) is 2.77. The zero-order chi connectivity index (χ0) is 23.7. The molecule has 2 aromatic heterocycles. The summed E-state index contributed by atoms with van der Waals surface area (Å²) in [5.74, 6) is -3.87. The molecule has 170 valence electrons. The van der Waals surface area contributed by atoms with Gasteiger partial charge in [0, 0.05) is 29.1 Å².